The Bertz CT molecular complexity index is 702. The van der Waals surface area contributed by atoms with Gasteiger partial charge in [0.2, 0.25) is 0 Å². The topological polar surface area (TPSA) is 41.6 Å². The van der Waals surface area contributed by atoms with Gasteiger partial charge in [0.25, 0.3) is 0 Å². The summed E-state index contributed by atoms with van der Waals surface area (Å²) < 4.78 is 5.26. The van der Waals surface area contributed by atoms with Gasteiger partial charge in [-0.05, 0) is 63.1 Å². The average molecular weight is 310 g/mol. The van der Waals surface area contributed by atoms with Crippen molar-refractivity contribution in [3.8, 4) is 0 Å². The molecule has 1 aliphatic rings. The largest absolute Gasteiger partial charge is 0.444 e. The third kappa shape index (κ3) is 3.65. The maximum absolute atomic E-state index is 11.8. The van der Waals surface area contributed by atoms with Crippen LogP contribution >= 0.6 is 0 Å². The Hall–Kier alpha value is -2.49. The van der Waals surface area contributed by atoms with Gasteiger partial charge in [-0.1, -0.05) is 18.2 Å². The van der Waals surface area contributed by atoms with E-state index >= 15 is 0 Å². The molecule has 3 rings (SSSR count). The van der Waals surface area contributed by atoms with Crippen LogP contribution in [0.3, 0.4) is 0 Å². The molecular weight excluding hydrogens is 288 g/mol. The molecule has 0 aliphatic carbocycles. The van der Waals surface area contributed by atoms with Crippen molar-refractivity contribution in [1.82, 2.24) is 0 Å². The number of fused-ring (bicyclic) bond motifs is 1. The SMILES string of the molecule is CC(C)(C)OC(=O)Nc1ccc(N2CCc3ccccc32)cc1. The van der Waals surface area contributed by atoms with Crippen molar-refractivity contribution in [2.75, 3.05) is 16.8 Å². The number of para-hydroxylation sites is 1. The number of benzene rings is 2. The molecule has 1 heterocycles. The van der Waals surface area contributed by atoms with E-state index in [1.54, 1.807) is 0 Å². The standard InChI is InChI=1S/C19H22N2O2/c1-19(2,3)23-18(22)20-15-8-10-16(11-9-15)21-13-12-14-6-4-5-7-17(14)21/h4-11H,12-13H2,1-3H3,(H,20,22). The van der Waals surface area contributed by atoms with E-state index < -0.39 is 11.7 Å². The summed E-state index contributed by atoms with van der Waals surface area (Å²) in [6.45, 7) is 6.53. The molecule has 2 aromatic carbocycles. The molecule has 0 spiro atoms. The molecule has 23 heavy (non-hydrogen) atoms. The normalized spacial score (nSPS) is 13.6. The molecule has 1 aliphatic heterocycles. The number of anilines is 3. The fraction of sp³-hybridized carbons (Fsp3) is 0.316. The van der Waals surface area contributed by atoms with E-state index in [-0.39, 0.29) is 0 Å². The van der Waals surface area contributed by atoms with Crippen LogP contribution in [0.15, 0.2) is 48.5 Å². The highest BCUT2D eigenvalue weighted by molar-refractivity contribution is 5.85. The summed E-state index contributed by atoms with van der Waals surface area (Å²) in [5.74, 6) is 0. The number of rotatable bonds is 2. The lowest BCUT2D eigenvalue weighted by molar-refractivity contribution is 0.0636. The molecule has 1 N–H and O–H groups in total. The monoisotopic (exact) mass is 310 g/mol. The fourth-order valence-corrected chi connectivity index (χ4v) is 2.75. The van der Waals surface area contributed by atoms with Crippen molar-refractivity contribution in [3.63, 3.8) is 0 Å². The van der Waals surface area contributed by atoms with Crippen LogP contribution in [0.25, 0.3) is 0 Å². The van der Waals surface area contributed by atoms with Crippen molar-refractivity contribution >= 4 is 23.2 Å². The van der Waals surface area contributed by atoms with Crippen LogP contribution < -0.4 is 10.2 Å². The van der Waals surface area contributed by atoms with Crippen LogP contribution in [0.5, 0.6) is 0 Å². The molecule has 0 unspecified atom stereocenters. The second-order valence-corrected chi connectivity index (χ2v) is 6.70. The first kappa shape index (κ1) is 15.4. The summed E-state index contributed by atoms with van der Waals surface area (Å²) in [5, 5.41) is 2.76. The number of hydrogen-bond acceptors (Lipinski definition) is 3. The molecule has 4 heteroatoms. The maximum atomic E-state index is 11.8. The molecule has 0 atom stereocenters. The Balaban J connectivity index is 1.70. The number of hydrogen-bond donors (Lipinski definition) is 1. The minimum Gasteiger partial charge on any atom is -0.444 e. The van der Waals surface area contributed by atoms with Crippen LogP contribution in [-0.2, 0) is 11.2 Å². The number of amides is 1. The predicted octanol–water partition coefficient (Wildman–Crippen LogP) is 4.73. The highest BCUT2D eigenvalue weighted by Crippen LogP contribution is 2.34. The van der Waals surface area contributed by atoms with Gasteiger partial charge in [-0.15, -0.1) is 0 Å². The quantitative estimate of drug-likeness (QED) is 0.872. The van der Waals surface area contributed by atoms with E-state index in [0.29, 0.717) is 0 Å². The lowest BCUT2D eigenvalue weighted by Gasteiger charge is -2.21. The second kappa shape index (κ2) is 5.95. The van der Waals surface area contributed by atoms with Gasteiger partial charge in [-0.2, -0.15) is 0 Å². The maximum Gasteiger partial charge on any atom is 0.412 e. The molecule has 0 radical (unpaired) electrons. The third-order valence-electron chi connectivity index (χ3n) is 3.71. The van der Waals surface area contributed by atoms with E-state index in [4.69, 9.17) is 4.74 Å². The van der Waals surface area contributed by atoms with Crippen molar-refractivity contribution < 1.29 is 9.53 Å². The molecule has 0 fully saturated rings. The Morgan fingerprint density at radius 2 is 1.78 bits per heavy atom. The van der Waals surface area contributed by atoms with Crippen molar-refractivity contribution in [3.05, 3.63) is 54.1 Å². The van der Waals surface area contributed by atoms with Gasteiger partial charge < -0.3 is 9.64 Å². The van der Waals surface area contributed by atoms with E-state index in [0.717, 1.165) is 24.3 Å². The van der Waals surface area contributed by atoms with Gasteiger partial charge in [0.15, 0.2) is 0 Å². The van der Waals surface area contributed by atoms with E-state index in [9.17, 15) is 4.79 Å². The van der Waals surface area contributed by atoms with E-state index in [2.05, 4.69) is 34.5 Å². The summed E-state index contributed by atoms with van der Waals surface area (Å²) in [5.41, 5.74) is 4.01. The Kier molecular flexibility index (Phi) is 3.99. The molecule has 2 aromatic rings. The van der Waals surface area contributed by atoms with E-state index in [1.165, 1.54) is 11.3 Å². The number of nitrogens with one attached hydrogen (secondary N) is 1. The molecule has 120 valence electrons. The number of nitrogens with zero attached hydrogens (tertiary/aromatic N) is 1. The first-order valence-electron chi connectivity index (χ1n) is 7.88. The minimum absolute atomic E-state index is 0.434. The van der Waals surface area contributed by atoms with Crippen molar-refractivity contribution in [2.24, 2.45) is 0 Å². The van der Waals surface area contributed by atoms with Gasteiger partial charge in [0, 0.05) is 23.6 Å². The zero-order valence-corrected chi connectivity index (χ0v) is 13.8. The molecular formula is C19H22N2O2. The summed E-state index contributed by atoms with van der Waals surface area (Å²) in [6.07, 6.45) is 0.630. The predicted molar refractivity (Wildman–Crippen MR) is 93.5 cm³/mol. The van der Waals surface area contributed by atoms with Crippen molar-refractivity contribution in [2.45, 2.75) is 32.8 Å². The summed E-state index contributed by atoms with van der Waals surface area (Å²) >= 11 is 0. The molecule has 1 amide bonds. The van der Waals surface area contributed by atoms with Gasteiger partial charge in [0.1, 0.15) is 5.60 Å². The Morgan fingerprint density at radius 1 is 1.09 bits per heavy atom. The Morgan fingerprint density at radius 3 is 2.48 bits per heavy atom. The van der Waals surface area contributed by atoms with Crippen LogP contribution in [0, 0.1) is 0 Å². The second-order valence-electron chi connectivity index (χ2n) is 6.70. The van der Waals surface area contributed by atoms with Gasteiger partial charge in [-0.3, -0.25) is 5.32 Å². The number of ether oxygens (including phenoxy) is 1. The van der Waals surface area contributed by atoms with Crippen LogP contribution in [0.4, 0.5) is 21.9 Å². The Labute approximate surface area is 137 Å². The molecule has 0 bridgehead atoms. The lowest BCUT2D eigenvalue weighted by Crippen LogP contribution is -2.27. The molecule has 0 aromatic heterocycles. The molecule has 4 nitrogen and oxygen atoms in total. The fourth-order valence-electron chi connectivity index (χ4n) is 2.75. The minimum atomic E-state index is -0.497. The summed E-state index contributed by atoms with van der Waals surface area (Å²) in [4.78, 5) is 14.1. The van der Waals surface area contributed by atoms with Crippen molar-refractivity contribution in [1.29, 1.82) is 0 Å². The summed E-state index contributed by atoms with van der Waals surface area (Å²) in [6, 6.07) is 16.3. The third-order valence-corrected chi connectivity index (χ3v) is 3.71. The van der Waals surface area contributed by atoms with Crippen LogP contribution in [0.2, 0.25) is 0 Å². The zero-order chi connectivity index (χ0) is 16.4. The van der Waals surface area contributed by atoms with Gasteiger partial charge >= 0.3 is 6.09 Å². The first-order valence-corrected chi connectivity index (χ1v) is 7.88. The van der Waals surface area contributed by atoms with Crippen LogP contribution in [-0.4, -0.2) is 18.2 Å². The smallest absolute Gasteiger partial charge is 0.412 e. The lowest BCUT2D eigenvalue weighted by atomic mass is 10.2. The highest BCUT2D eigenvalue weighted by Gasteiger charge is 2.20. The van der Waals surface area contributed by atoms with Gasteiger partial charge in [-0.25, -0.2) is 4.79 Å². The van der Waals surface area contributed by atoms with E-state index in [1.807, 2.05) is 45.0 Å². The number of carbonyl (C=O) groups excluding carboxylic acids is 1. The average Bonchev–Trinajstić information content (AvgIpc) is 2.90. The molecule has 0 saturated heterocycles. The van der Waals surface area contributed by atoms with Gasteiger partial charge in [0.05, 0.1) is 0 Å². The summed E-state index contributed by atoms with van der Waals surface area (Å²) in [7, 11) is 0. The van der Waals surface area contributed by atoms with Crippen LogP contribution in [0.1, 0.15) is 26.3 Å². The first-order chi connectivity index (χ1) is 10.9. The zero-order valence-electron chi connectivity index (χ0n) is 13.8. The molecule has 0 saturated carbocycles. The highest BCUT2D eigenvalue weighted by atomic mass is 16.6. The number of carbonyl (C=O) groups is 1.